The predicted molar refractivity (Wildman–Crippen MR) is 31.8 cm³/mol. The van der Waals surface area contributed by atoms with Crippen LogP contribution in [-0.4, -0.2) is 0 Å². The van der Waals surface area contributed by atoms with Gasteiger partial charge >= 0.3 is 26.2 Å². The van der Waals surface area contributed by atoms with E-state index >= 15 is 0 Å². The van der Waals surface area contributed by atoms with Crippen LogP contribution in [0.2, 0.25) is 0 Å². The topological polar surface area (TPSA) is 0 Å². The van der Waals surface area contributed by atoms with E-state index in [1.807, 2.05) is 0 Å². The number of hydrogen-bond donors (Lipinski definition) is 0. The maximum absolute atomic E-state index is 3.76. The van der Waals surface area contributed by atoms with Gasteiger partial charge in [0, 0.05) is 0 Å². The van der Waals surface area contributed by atoms with Gasteiger partial charge in [-0.3, -0.25) is 0 Å². The summed E-state index contributed by atoms with van der Waals surface area (Å²) in [5, 5.41) is 0. The first-order chi connectivity index (χ1) is 3.43. The molecule has 0 N–H and O–H groups in total. The summed E-state index contributed by atoms with van der Waals surface area (Å²) in [5.41, 5.74) is 1.44. The molecule has 1 aliphatic carbocycles. The molecule has 0 aromatic heterocycles. The van der Waals surface area contributed by atoms with Gasteiger partial charge in [0.1, 0.15) is 0 Å². The molecule has 0 radical (unpaired) electrons. The summed E-state index contributed by atoms with van der Waals surface area (Å²) in [6, 6.07) is 0. The van der Waals surface area contributed by atoms with Gasteiger partial charge in [-0.05, 0) is 6.42 Å². The maximum Gasteiger partial charge on any atom is 2.00 e. The van der Waals surface area contributed by atoms with Gasteiger partial charge in [0.15, 0.2) is 0 Å². The number of hydrogen-bond acceptors (Lipinski definition) is 0. The SMILES string of the molecule is [CH2-]CC1=CC=CC1.[Cl-].[Zr+2]. The molecule has 0 spiro atoms. The zero-order chi connectivity index (χ0) is 5.11. The second-order valence-electron chi connectivity index (χ2n) is 1.71. The summed E-state index contributed by atoms with van der Waals surface area (Å²) in [4.78, 5) is 0. The predicted octanol–water partition coefficient (Wildman–Crippen LogP) is -0.902. The van der Waals surface area contributed by atoms with Gasteiger partial charge in [-0.1, -0.05) is 23.8 Å². The second kappa shape index (κ2) is 6.77. The fraction of sp³-hybridized carbons (Fsp3) is 0.286. The van der Waals surface area contributed by atoms with Crippen molar-refractivity contribution in [3.8, 4) is 0 Å². The van der Waals surface area contributed by atoms with E-state index in [0.717, 1.165) is 12.8 Å². The standard InChI is InChI=1S/C7H9.ClH.Zr/c1-2-7-5-3-4-6-7;;/h3-5H,1-2,6H2;1H;/q-1;;+2/p-1. The third-order valence-electron chi connectivity index (χ3n) is 1.17. The van der Waals surface area contributed by atoms with E-state index in [-0.39, 0.29) is 38.6 Å². The molecule has 0 bridgehead atoms. The van der Waals surface area contributed by atoms with Crippen LogP contribution in [-0.2, 0) is 26.2 Å². The minimum atomic E-state index is 0. The van der Waals surface area contributed by atoms with Crippen molar-refractivity contribution < 1.29 is 38.6 Å². The molecule has 1 aliphatic rings. The molecule has 2 heteroatoms. The van der Waals surface area contributed by atoms with Crippen LogP contribution in [0.3, 0.4) is 0 Å². The Morgan fingerprint density at radius 3 is 2.44 bits per heavy atom. The quantitative estimate of drug-likeness (QED) is 0.502. The Kier molecular flexibility index (Phi) is 9.28. The average Bonchev–Trinajstić information content (AvgIpc) is 2.14. The molecular formula is C7H9ClZr. The first-order valence-corrected chi connectivity index (χ1v) is 2.57. The van der Waals surface area contributed by atoms with E-state index in [1.54, 1.807) is 0 Å². The Morgan fingerprint density at radius 1 is 1.56 bits per heavy atom. The van der Waals surface area contributed by atoms with E-state index in [9.17, 15) is 0 Å². The number of allylic oxidation sites excluding steroid dienone is 4. The van der Waals surface area contributed by atoms with Crippen LogP contribution in [0.1, 0.15) is 12.8 Å². The van der Waals surface area contributed by atoms with E-state index in [2.05, 4.69) is 25.2 Å². The fourth-order valence-corrected chi connectivity index (χ4v) is 0.677. The van der Waals surface area contributed by atoms with Crippen LogP contribution in [0.15, 0.2) is 23.8 Å². The van der Waals surface area contributed by atoms with Crippen molar-refractivity contribution >= 4 is 0 Å². The van der Waals surface area contributed by atoms with Crippen LogP contribution in [0.25, 0.3) is 0 Å². The van der Waals surface area contributed by atoms with Gasteiger partial charge in [0.2, 0.25) is 0 Å². The fourth-order valence-electron chi connectivity index (χ4n) is 0.677. The van der Waals surface area contributed by atoms with Crippen molar-refractivity contribution in [3.63, 3.8) is 0 Å². The molecule has 0 aromatic rings. The minimum absolute atomic E-state index is 0. The van der Waals surface area contributed by atoms with E-state index in [1.165, 1.54) is 5.57 Å². The van der Waals surface area contributed by atoms with Crippen molar-refractivity contribution in [1.82, 2.24) is 0 Å². The Morgan fingerprint density at radius 2 is 2.22 bits per heavy atom. The summed E-state index contributed by atoms with van der Waals surface area (Å²) in [5.74, 6) is 0. The Hall–Kier alpha value is 0.653. The molecule has 0 heterocycles. The van der Waals surface area contributed by atoms with E-state index in [0.29, 0.717) is 0 Å². The summed E-state index contributed by atoms with van der Waals surface area (Å²) in [6.45, 7) is 3.76. The molecule has 0 saturated heterocycles. The van der Waals surface area contributed by atoms with Crippen molar-refractivity contribution in [2.45, 2.75) is 12.8 Å². The van der Waals surface area contributed by atoms with Crippen molar-refractivity contribution in [3.05, 3.63) is 30.7 Å². The minimum Gasteiger partial charge on any atom is -1.00 e. The van der Waals surface area contributed by atoms with Crippen molar-refractivity contribution in [1.29, 1.82) is 0 Å². The van der Waals surface area contributed by atoms with Crippen LogP contribution >= 0.6 is 0 Å². The summed E-state index contributed by atoms with van der Waals surface area (Å²) in [7, 11) is 0. The third kappa shape index (κ3) is 4.11. The molecule has 0 amide bonds. The molecule has 9 heavy (non-hydrogen) atoms. The first-order valence-electron chi connectivity index (χ1n) is 2.57. The summed E-state index contributed by atoms with van der Waals surface area (Å²) >= 11 is 0. The largest absolute Gasteiger partial charge is 2.00 e. The Labute approximate surface area is 81.9 Å². The van der Waals surface area contributed by atoms with Crippen LogP contribution < -0.4 is 12.4 Å². The van der Waals surface area contributed by atoms with Crippen LogP contribution in [0, 0.1) is 6.92 Å². The number of halogens is 1. The molecule has 48 valence electrons. The van der Waals surface area contributed by atoms with Crippen molar-refractivity contribution in [2.24, 2.45) is 0 Å². The van der Waals surface area contributed by atoms with Gasteiger partial charge in [-0.25, -0.2) is 0 Å². The van der Waals surface area contributed by atoms with Crippen LogP contribution in [0.4, 0.5) is 0 Å². The van der Waals surface area contributed by atoms with Crippen LogP contribution in [0.5, 0.6) is 0 Å². The molecule has 0 aliphatic heterocycles. The molecule has 0 unspecified atom stereocenters. The maximum atomic E-state index is 3.76. The Balaban J connectivity index is 0. The third-order valence-corrected chi connectivity index (χ3v) is 1.17. The van der Waals surface area contributed by atoms with Gasteiger partial charge in [0.25, 0.3) is 0 Å². The molecule has 0 saturated carbocycles. The zero-order valence-electron chi connectivity index (χ0n) is 5.23. The molecule has 0 nitrogen and oxygen atoms in total. The summed E-state index contributed by atoms with van der Waals surface area (Å²) in [6.07, 6.45) is 8.46. The van der Waals surface area contributed by atoms with Gasteiger partial charge in [-0.2, -0.15) is 6.42 Å². The smallest absolute Gasteiger partial charge is 1.00 e. The monoisotopic (exact) mass is 218 g/mol. The zero-order valence-corrected chi connectivity index (χ0v) is 8.45. The molecule has 0 fully saturated rings. The molecule has 0 atom stereocenters. The van der Waals surface area contributed by atoms with Gasteiger partial charge < -0.3 is 19.3 Å². The average molecular weight is 220 g/mol. The van der Waals surface area contributed by atoms with E-state index < -0.39 is 0 Å². The van der Waals surface area contributed by atoms with Crippen molar-refractivity contribution in [2.75, 3.05) is 0 Å². The first kappa shape index (κ1) is 12.3. The van der Waals surface area contributed by atoms with Gasteiger partial charge in [-0.15, -0.1) is 0 Å². The molecule has 1 rings (SSSR count). The molecule has 0 aromatic carbocycles. The van der Waals surface area contributed by atoms with E-state index in [4.69, 9.17) is 0 Å². The summed E-state index contributed by atoms with van der Waals surface area (Å²) < 4.78 is 0. The normalized spacial score (nSPS) is 13.7. The molecular weight excluding hydrogens is 211 g/mol. The Bertz CT molecular complexity index is 116. The number of rotatable bonds is 1. The van der Waals surface area contributed by atoms with Gasteiger partial charge in [0.05, 0.1) is 0 Å². The second-order valence-corrected chi connectivity index (χ2v) is 1.71.